The van der Waals surface area contributed by atoms with E-state index in [-0.39, 0.29) is 17.9 Å². The van der Waals surface area contributed by atoms with Gasteiger partial charge in [0.1, 0.15) is 18.6 Å². The molecule has 0 aliphatic rings. The third kappa shape index (κ3) is 4.86. The summed E-state index contributed by atoms with van der Waals surface area (Å²) < 4.78 is 10.3. The van der Waals surface area contributed by atoms with Gasteiger partial charge in [-0.05, 0) is 38.1 Å². The first-order chi connectivity index (χ1) is 10.7. The summed E-state index contributed by atoms with van der Waals surface area (Å²) in [5, 5.41) is 20.9. The summed E-state index contributed by atoms with van der Waals surface area (Å²) in [5.74, 6) is -1.26. The zero-order chi connectivity index (χ0) is 17.0. The van der Waals surface area contributed by atoms with E-state index in [1.165, 1.54) is 0 Å². The molecule has 0 radical (unpaired) electrons. The minimum atomic E-state index is -1.17. The SMILES string of the molecule is CC(C)(O)COc1ccc(NC(=O)c2cc(C(=O)O)co2)cc1. The molecule has 0 saturated heterocycles. The molecule has 1 aromatic carbocycles. The van der Waals surface area contributed by atoms with Crippen molar-refractivity contribution in [2.24, 2.45) is 0 Å². The average molecular weight is 319 g/mol. The van der Waals surface area contributed by atoms with Crippen LogP contribution in [-0.2, 0) is 0 Å². The first-order valence-electron chi connectivity index (χ1n) is 6.83. The summed E-state index contributed by atoms with van der Waals surface area (Å²) in [7, 11) is 0. The van der Waals surface area contributed by atoms with Crippen molar-refractivity contribution < 1.29 is 29.0 Å². The van der Waals surface area contributed by atoms with Gasteiger partial charge in [0.05, 0.1) is 11.2 Å². The number of carboxylic acid groups (broad SMARTS) is 1. The quantitative estimate of drug-likeness (QED) is 0.754. The minimum absolute atomic E-state index is 0.0921. The van der Waals surface area contributed by atoms with Crippen LogP contribution in [0.15, 0.2) is 41.0 Å². The second-order valence-electron chi connectivity index (χ2n) is 5.58. The van der Waals surface area contributed by atoms with Crippen molar-refractivity contribution in [2.45, 2.75) is 19.4 Å². The number of benzene rings is 1. The Hall–Kier alpha value is -2.80. The molecule has 0 fully saturated rings. The van der Waals surface area contributed by atoms with Crippen LogP contribution in [0.3, 0.4) is 0 Å². The van der Waals surface area contributed by atoms with Crippen molar-refractivity contribution in [3.63, 3.8) is 0 Å². The first kappa shape index (κ1) is 16.6. The molecule has 0 bridgehead atoms. The molecule has 0 aliphatic carbocycles. The fourth-order valence-electron chi connectivity index (χ4n) is 1.65. The Bertz CT molecular complexity index is 696. The Balaban J connectivity index is 1.97. The van der Waals surface area contributed by atoms with E-state index >= 15 is 0 Å². The molecule has 1 heterocycles. The zero-order valence-electron chi connectivity index (χ0n) is 12.7. The molecular formula is C16H17NO6. The number of carbonyl (C=O) groups excluding carboxylic acids is 1. The predicted octanol–water partition coefficient (Wildman–Crippen LogP) is 2.38. The number of anilines is 1. The van der Waals surface area contributed by atoms with E-state index in [1.54, 1.807) is 38.1 Å². The summed E-state index contributed by atoms with van der Waals surface area (Å²) in [4.78, 5) is 22.7. The monoisotopic (exact) mass is 319 g/mol. The van der Waals surface area contributed by atoms with Crippen LogP contribution in [-0.4, -0.2) is 34.3 Å². The Labute approximate surface area is 132 Å². The van der Waals surface area contributed by atoms with Crippen LogP contribution in [0, 0.1) is 0 Å². The molecule has 23 heavy (non-hydrogen) atoms. The van der Waals surface area contributed by atoms with Crippen LogP contribution in [0.5, 0.6) is 5.75 Å². The maximum absolute atomic E-state index is 11.9. The average Bonchev–Trinajstić information content (AvgIpc) is 2.96. The lowest BCUT2D eigenvalue weighted by atomic mass is 10.2. The fourth-order valence-corrected chi connectivity index (χ4v) is 1.65. The highest BCUT2D eigenvalue weighted by Gasteiger charge is 2.15. The van der Waals surface area contributed by atoms with Crippen molar-refractivity contribution in [1.82, 2.24) is 0 Å². The van der Waals surface area contributed by atoms with Gasteiger partial charge < -0.3 is 24.7 Å². The Kier molecular flexibility index (Phi) is 4.71. The van der Waals surface area contributed by atoms with Gasteiger partial charge >= 0.3 is 5.97 Å². The third-order valence-corrected chi connectivity index (χ3v) is 2.77. The Morgan fingerprint density at radius 1 is 1.26 bits per heavy atom. The highest BCUT2D eigenvalue weighted by Crippen LogP contribution is 2.18. The second kappa shape index (κ2) is 6.53. The number of aliphatic hydroxyl groups is 1. The summed E-state index contributed by atoms with van der Waals surface area (Å²) in [6.45, 7) is 3.41. The molecule has 0 spiro atoms. The van der Waals surface area contributed by atoms with Crippen molar-refractivity contribution in [1.29, 1.82) is 0 Å². The van der Waals surface area contributed by atoms with Crippen LogP contribution < -0.4 is 10.1 Å². The summed E-state index contributed by atoms with van der Waals surface area (Å²) in [5.41, 5.74) is -0.530. The van der Waals surface area contributed by atoms with Crippen LogP contribution in [0.25, 0.3) is 0 Å². The molecule has 0 unspecified atom stereocenters. The summed E-state index contributed by atoms with van der Waals surface area (Å²) in [6.07, 6.45) is 1.00. The number of ether oxygens (including phenoxy) is 1. The van der Waals surface area contributed by atoms with Crippen molar-refractivity contribution in [2.75, 3.05) is 11.9 Å². The highest BCUT2D eigenvalue weighted by atomic mass is 16.5. The standard InChI is InChI=1S/C16H17NO6/c1-16(2,21)9-23-12-5-3-11(4-6-12)17-14(18)13-7-10(8-22-13)15(19)20/h3-8,21H,9H2,1-2H3,(H,17,18)(H,19,20). The molecule has 1 amide bonds. The third-order valence-electron chi connectivity index (χ3n) is 2.77. The van der Waals surface area contributed by atoms with E-state index in [1.807, 2.05) is 0 Å². The normalized spacial score (nSPS) is 11.1. The number of rotatable bonds is 6. The molecule has 0 aliphatic heterocycles. The van der Waals surface area contributed by atoms with Crippen LogP contribution in [0.2, 0.25) is 0 Å². The fraction of sp³-hybridized carbons (Fsp3) is 0.250. The molecular weight excluding hydrogens is 302 g/mol. The largest absolute Gasteiger partial charge is 0.491 e. The van der Waals surface area contributed by atoms with Gasteiger partial charge in [-0.25, -0.2) is 4.79 Å². The van der Waals surface area contributed by atoms with Crippen molar-refractivity contribution in [3.05, 3.63) is 47.9 Å². The van der Waals surface area contributed by atoms with Gasteiger partial charge in [-0.3, -0.25) is 4.79 Å². The first-order valence-corrected chi connectivity index (χ1v) is 6.83. The maximum Gasteiger partial charge on any atom is 0.338 e. The number of aromatic carboxylic acids is 1. The van der Waals surface area contributed by atoms with Gasteiger partial charge in [0.25, 0.3) is 5.91 Å². The van der Waals surface area contributed by atoms with Gasteiger partial charge in [-0.1, -0.05) is 0 Å². The lowest BCUT2D eigenvalue weighted by molar-refractivity contribution is 0.0285. The van der Waals surface area contributed by atoms with Crippen LogP contribution in [0.4, 0.5) is 5.69 Å². The molecule has 2 aromatic rings. The van der Waals surface area contributed by atoms with Crippen molar-refractivity contribution >= 4 is 17.6 Å². The number of amides is 1. The molecule has 0 saturated carbocycles. The molecule has 0 atom stereocenters. The molecule has 3 N–H and O–H groups in total. The Morgan fingerprint density at radius 2 is 1.91 bits per heavy atom. The molecule has 1 aromatic heterocycles. The summed E-state index contributed by atoms with van der Waals surface area (Å²) >= 11 is 0. The smallest absolute Gasteiger partial charge is 0.338 e. The van der Waals surface area contributed by atoms with Gasteiger partial charge in [-0.15, -0.1) is 0 Å². The number of furan rings is 1. The van der Waals surface area contributed by atoms with E-state index in [2.05, 4.69) is 5.32 Å². The number of carboxylic acids is 1. The predicted molar refractivity (Wildman–Crippen MR) is 81.9 cm³/mol. The summed E-state index contributed by atoms with van der Waals surface area (Å²) in [6, 6.07) is 7.69. The van der Waals surface area contributed by atoms with E-state index < -0.39 is 17.5 Å². The molecule has 7 heteroatoms. The topological polar surface area (TPSA) is 109 Å². The van der Waals surface area contributed by atoms with Gasteiger partial charge in [0, 0.05) is 11.8 Å². The van der Waals surface area contributed by atoms with Crippen molar-refractivity contribution in [3.8, 4) is 5.75 Å². The van der Waals surface area contributed by atoms with E-state index in [0.717, 1.165) is 12.3 Å². The van der Waals surface area contributed by atoms with E-state index in [0.29, 0.717) is 11.4 Å². The number of carbonyl (C=O) groups is 2. The van der Waals surface area contributed by atoms with Crippen LogP contribution >= 0.6 is 0 Å². The van der Waals surface area contributed by atoms with Gasteiger partial charge in [-0.2, -0.15) is 0 Å². The van der Waals surface area contributed by atoms with Crippen LogP contribution in [0.1, 0.15) is 34.8 Å². The minimum Gasteiger partial charge on any atom is -0.491 e. The zero-order valence-corrected chi connectivity index (χ0v) is 12.7. The molecule has 122 valence electrons. The van der Waals surface area contributed by atoms with Gasteiger partial charge in [0.2, 0.25) is 0 Å². The lowest BCUT2D eigenvalue weighted by Crippen LogP contribution is -2.27. The molecule has 2 rings (SSSR count). The van der Waals surface area contributed by atoms with E-state index in [9.17, 15) is 14.7 Å². The second-order valence-corrected chi connectivity index (χ2v) is 5.58. The molecule has 7 nitrogen and oxygen atoms in total. The Morgan fingerprint density at radius 3 is 2.43 bits per heavy atom. The number of hydrogen-bond acceptors (Lipinski definition) is 5. The van der Waals surface area contributed by atoms with Gasteiger partial charge in [0.15, 0.2) is 5.76 Å². The van der Waals surface area contributed by atoms with E-state index in [4.69, 9.17) is 14.3 Å². The number of hydrogen-bond donors (Lipinski definition) is 3. The highest BCUT2D eigenvalue weighted by molar-refractivity contribution is 6.03. The maximum atomic E-state index is 11.9. The number of nitrogens with one attached hydrogen (secondary N) is 1. The lowest BCUT2D eigenvalue weighted by Gasteiger charge is -2.17.